The lowest BCUT2D eigenvalue weighted by atomic mass is 10.1. The van der Waals surface area contributed by atoms with Gasteiger partial charge in [-0.25, -0.2) is 4.98 Å². The predicted molar refractivity (Wildman–Crippen MR) is 88.6 cm³/mol. The van der Waals surface area contributed by atoms with Crippen LogP contribution in [0.1, 0.15) is 19.4 Å². The Morgan fingerprint density at radius 2 is 2.00 bits per heavy atom. The zero-order valence-corrected chi connectivity index (χ0v) is 13.7. The van der Waals surface area contributed by atoms with Crippen molar-refractivity contribution in [1.29, 1.82) is 0 Å². The van der Waals surface area contributed by atoms with Gasteiger partial charge in [-0.2, -0.15) is 0 Å². The summed E-state index contributed by atoms with van der Waals surface area (Å²) >= 11 is 0. The molecular formula is C16H27N5O. The molecule has 0 radical (unpaired) electrons. The van der Waals surface area contributed by atoms with Gasteiger partial charge in [-0.1, -0.05) is 19.9 Å². The molecule has 1 aromatic rings. The molecule has 1 fully saturated rings. The van der Waals surface area contributed by atoms with E-state index < -0.39 is 6.04 Å². The van der Waals surface area contributed by atoms with Crippen LogP contribution in [0.2, 0.25) is 0 Å². The molecule has 0 aromatic carbocycles. The van der Waals surface area contributed by atoms with Gasteiger partial charge in [0.15, 0.2) is 0 Å². The van der Waals surface area contributed by atoms with Crippen LogP contribution in [-0.2, 0) is 11.3 Å². The molecule has 3 N–H and O–H groups in total. The number of hydrogen-bond acceptors (Lipinski definition) is 5. The maximum Gasteiger partial charge on any atom is 0.237 e. The van der Waals surface area contributed by atoms with Crippen molar-refractivity contribution >= 4 is 11.7 Å². The molecule has 122 valence electrons. The summed E-state index contributed by atoms with van der Waals surface area (Å²) in [5.41, 5.74) is 6.81. The van der Waals surface area contributed by atoms with E-state index in [0.29, 0.717) is 6.54 Å². The minimum Gasteiger partial charge on any atom is -0.354 e. The molecule has 0 unspecified atom stereocenters. The van der Waals surface area contributed by atoms with Crippen LogP contribution >= 0.6 is 0 Å². The first kappa shape index (κ1) is 16.7. The summed E-state index contributed by atoms with van der Waals surface area (Å²) in [6.07, 6.45) is 1.83. The Morgan fingerprint density at radius 3 is 2.55 bits per heavy atom. The first-order valence-corrected chi connectivity index (χ1v) is 7.89. The van der Waals surface area contributed by atoms with E-state index in [2.05, 4.69) is 27.1 Å². The van der Waals surface area contributed by atoms with Gasteiger partial charge in [0.1, 0.15) is 5.82 Å². The van der Waals surface area contributed by atoms with Crippen LogP contribution in [0.4, 0.5) is 5.82 Å². The summed E-state index contributed by atoms with van der Waals surface area (Å²) in [5.74, 6) is 1.03. The fourth-order valence-electron chi connectivity index (χ4n) is 2.35. The Kier molecular flexibility index (Phi) is 5.74. The lowest BCUT2D eigenvalue weighted by Crippen LogP contribution is -2.44. The predicted octanol–water partition coefficient (Wildman–Crippen LogP) is 0.433. The number of nitrogens with zero attached hydrogens (tertiary/aromatic N) is 3. The maximum atomic E-state index is 11.8. The van der Waals surface area contributed by atoms with Crippen LogP contribution in [0.5, 0.6) is 0 Å². The molecule has 0 aliphatic carbocycles. The average Bonchev–Trinajstić information content (AvgIpc) is 2.53. The highest BCUT2D eigenvalue weighted by Crippen LogP contribution is 2.13. The normalized spacial score (nSPS) is 17.6. The molecule has 1 aliphatic heterocycles. The molecule has 1 aliphatic rings. The fourth-order valence-corrected chi connectivity index (χ4v) is 2.35. The van der Waals surface area contributed by atoms with Crippen LogP contribution in [0.3, 0.4) is 0 Å². The Morgan fingerprint density at radius 1 is 1.32 bits per heavy atom. The third-order valence-corrected chi connectivity index (χ3v) is 4.12. The quantitative estimate of drug-likeness (QED) is 0.825. The molecule has 1 atom stereocenters. The summed E-state index contributed by atoms with van der Waals surface area (Å²) in [5, 5.41) is 2.86. The van der Waals surface area contributed by atoms with Crippen molar-refractivity contribution in [1.82, 2.24) is 15.2 Å². The van der Waals surface area contributed by atoms with E-state index >= 15 is 0 Å². The van der Waals surface area contributed by atoms with Gasteiger partial charge < -0.3 is 20.9 Å². The first-order chi connectivity index (χ1) is 10.5. The van der Waals surface area contributed by atoms with Gasteiger partial charge in [-0.3, -0.25) is 4.79 Å². The van der Waals surface area contributed by atoms with Crippen molar-refractivity contribution in [3.05, 3.63) is 23.9 Å². The number of carbonyl (C=O) groups is 1. The Labute approximate surface area is 132 Å². The molecule has 2 heterocycles. The SMILES string of the molecule is CC(C)[C@H](N)C(=O)NCc1ccc(N2CCN(C)CC2)nc1. The highest BCUT2D eigenvalue weighted by atomic mass is 16.2. The number of carbonyl (C=O) groups excluding carboxylic acids is 1. The largest absolute Gasteiger partial charge is 0.354 e. The Balaban J connectivity index is 1.85. The zero-order valence-electron chi connectivity index (χ0n) is 13.7. The average molecular weight is 305 g/mol. The third kappa shape index (κ3) is 4.42. The second kappa shape index (κ2) is 7.56. The first-order valence-electron chi connectivity index (χ1n) is 7.89. The Bertz CT molecular complexity index is 480. The summed E-state index contributed by atoms with van der Waals surface area (Å²) in [4.78, 5) is 21.0. The molecule has 0 spiro atoms. The standard InChI is InChI=1S/C16H27N5O/c1-12(2)15(17)16(22)19-11-13-4-5-14(18-10-13)21-8-6-20(3)7-9-21/h4-5,10,12,15H,6-9,11,17H2,1-3H3,(H,19,22)/t15-/m0/s1. The van der Waals surface area contributed by atoms with Crippen LogP contribution in [0.15, 0.2) is 18.3 Å². The molecule has 22 heavy (non-hydrogen) atoms. The minimum atomic E-state index is -0.461. The number of nitrogens with two attached hydrogens (primary N) is 1. The summed E-state index contributed by atoms with van der Waals surface area (Å²) in [6.45, 7) is 8.48. The number of rotatable bonds is 5. The van der Waals surface area contributed by atoms with Crippen LogP contribution in [0.25, 0.3) is 0 Å². The molecule has 1 aromatic heterocycles. The number of nitrogens with one attached hydrogen (secondary N) is 1. The number of pyridine rings is 1. The monoisotopic (exact) mass is 305 g/mol. The lowest BCUT2D eigenvalue weighted by Gasteiger charge is -2.33. The van der Waals surface area contributed by atoms with E-state index in [9.17, 15) is 4.79 Å². The number of piperazine rings is 1. The van der Waals surface area contributed by atoms with Gasteiger partial charge >= 0.3 is 0 Å². The van der Waals surface area contributed by atoms with Crippen molar-refractivity contribution in [2.75, 3.05) is 38.1 Å². The number of hydrogen-bond donors (Lipinski definition) is 2. The highest BCUT2D eigenvalue weighted by molar-refractivity contribution is 5.81. The number of anilines is 1. The van der Waals surface area contributed by atoms with Gasteiger partial charge in [0.25, 0.3) is 0 Å². The van der Waals surface area contributed by atoms with Gasteiger partial charge in [0.05, 0.1) is 6.04 Å². The third-order valence-electron chi connectivity index (χ3n) is 4.12. The summed E-state index contributed by atoms with van der Waals surface area (Å²) in [7, 11) is 2.14. The fraction of sp³-hybridized carbons (Fsp3) is 0.625. The number of likely N-dealkylation sites (N-methyl/N-ethyl adjacent to an activating group) is 1. The van der Waals surface area contributed by atoms with Crippen molar-refractivity contribution < 1.29 is 4.79 Å². The number of aromatic nitrogens is 1. The lowest BCUT2D eigenvalue weighted by molar-refractivity contribution is -0.123. The molecule has 6 nitrogen and oxygen atoms in total. The van der Waals surface area contributed by atoms with E-state index in [-0.39, 0.29) is 11.8 Å². The molecule has 2 rings (SSSR count). The molecule has 0 saturated carbocycles. The zero-order chi connectivity index (χ0) is 16.1. The van der Waals surface area contributed by atoms with E-state index in [1.165, 1.54) is 0 Å². The molecule has 1 amide bonds. The number of amides is 1. The minimum absolute atomic E-state index is 0.113. The smallest absolute Gasteiger partial charge is 0.237 e. The van der Waals surface area contributed by atoms with E-state index in [4.69, 9.17) is 5.73 Å². The van der Waals surface area contributed by atoms with Gasteiger partial charge in [0, 0.05) is 38.9 Å². The highest BCUT2D eigenvalue weighted by Gasteiger charge is 2.17. The van der Waals surface area contributed by atoms with E-state index in [0.717, 1.165) is 37.6 Å². The van der Waals surface area contributed by atoms with E-state index in [1.807, 2.05) is 32.2 Å². The van der Waals surface area contributed by atoms with Crippen molar-refractivity contribution in [2.24, 2.45) is 11.7 Å². The van der Waals surface area contributed by atoms with Gasteiger partial charge in [-0.05, 0) is 24.6 Å². The molecule has 1 saturated heterocycles. The summed E-state index contributed by atoms with van der Waals surface area (Å²) in [6, 6.07) is 3.58. The van der Waals surface area contributed by atoms with Crippen LogP contribution < -0.4 is 16.0 Å². The van der Waals surface area contributed by atoms with Crippen molar-refractivity contribution in [3.8, 4) is 0 Å². The van der Waals surface area contributed by atoms with E-state index in [1.54, 1.807) is 0 Å². The topological polar surface area (TPSA) is 74.5 Å². The second-order valence-electron chi connectivity index (χ2n) is 6.30. The molecule has 0 bridgehead atoms. The maximum absolute atomic E-state index is 11.8. The van der Waals surface area contributed by atoms with Crippen LogP contribution in [-0.4, -0.2) is 55.1 Å². The Hall–Kier alpha value is -1.66. The molecular weight excluding hydrogens is 278 g/mol. The van der Waals surface area contributed by atoms with Crippen molar-refractivity contribution in [3.63, 3.8) is 0 Å². The van der Waals surface area contributed by atoms with Gasteiger partial charge in [-0.15, -0.1) is 0 Å². The second-order valence-corrected chi connectivity index (χ2v) is 6.30. The summed E-state index contributed by atoms with van der Waals surface area (Å²) < 4.78 is 0. The molecule has 6 heteroatoms. The van der Waals surface area contributed by atoms with Crippen molar-refractivity contribution in [2.45, 2.75) is 26.4 Å². The van der Waals surface area contributed by atoms with Gasteiger partial charge in [0.2, 0.25) is 5.91 Å². The van der Waals surface area contributed by atoms with Crippen LogP contribution in [0, 0.1) is 5.92 Å².